The lowest BCUT2D eigenvalue weighted by atomic mass is 10.3. The molecule has 14 heavy (non-hydrogen) atoms. The van der Waals surface area contributed by atoms with Gasteiger partial charge < -0.3 is 9.88 Å². The molecule has 0 saturated heterocycles. The molecule has 0 aliphatic carbocycles. The smallest absolute Gasteiger partial charge is 0.123 e. The summed E-state index contributed by atoms with van der Waals surface area (Å²) in [5, 5.41) is 12.1. The molecule has 1 aromatic heterocycles. The number of nitriles is 1. The number of hydrogen-bond acceptors (Lipinski definition) is 3. The lowest BCUT2D eigenvalue weighted by Gasteiger charge is -2.11. The maximum Gasteiger partial charge on any atom is 0.123 e. The van der Waals surface area contributed by atoms with Crippen molar-refractivity contribution < 1.29 is 0 Å². The molecule has 1 aromatic rings. The van der Waals surface area contributed by atoms with E-state index in [1.807, 2.05) is 17.7 Å². The van der Waals surface area contributed by atoms with Gasteiger partial charge >= 0.3 is 0 Å². The summed E-state index contributed by atoms with van der Waals surface area (Å²) in [4.78, 5) is 4.21. The van der Waals surface area contributed by atoms with Crippen LogP contribution in [0.4, 0.5) is 0 Å². The third-order valence-electron chi connectivity index (χ3n) is 2.02. The predicted octanol–water partition coefficient (Wildman–Crippen LogP) is 1.47. The number of rotatable bonds is 4. The number of aromatic nitrogens is 2. The maximum absolute atomic E-state index is 8.79. The van der Waals surface area contributed by atoms with Crippen molar-refractivity contribution in [3.8, 4) is 6.07 Å². The van der Waals surface area contributed by atoms with Crippen LogP contribution in [0.25, 0.3) is 0 Å². The molecule has 0 spiro atoms. The summed E-state index contributed by atoms with van der Waals surface area (Å²) in [6.07, 6.45) is 3.57. The molecular weight excluding hydrogens is 176 g/mol. The van der Waals surface area contributed by atoms with Gasteiger partial charge in [0, 0.05) is 18.4 Å². The van der Waals surface area contributed by atoms with Crippen LogP contribution in [0.2, 0.25) is 0 Å². The van der Waals surface area contributed by atoms with Crippen LogP contribution in [0.3, 0.4) is 0 Å². The Morgan fingerprint density at radius 3 is 2.86 bits per heavy atom. The monoisotopic (exact) mass is 192 g/mol. The summed E-state index contributed by atoms with van der Waals surface area (Å²) in [6, 6.07) is 2.47. The molecule has 4 nitrogen and oxygen atoms in total. The summed E-state index contributed by atoms with van der Waals surface area (Å²) >= 11 is 0. The largest absolute Gasteiger partial charge is 0.318 e. The molecule has 0 amide bonds. The third kappa shape index (κ3) is 2.57. The summed E-state index contributed by atoms with van der Waals surface area (Å²) in [6.45, 7) is 6.74. The van der Waals surface area contributed by atoms with Gasteiger partial charge in [-0.1, -0.05) is 13.8 Å². The summed E-state index contributed by atoms with van der Waals surface area (Å²) in [5.74, 6) is 0.910. The Kier molecular flexibility index (Phi) is 3.66. The Morgan fingerprint density at radius 2 is 2.29 bits per heavy atom. The van der Waals surface area contributed by atoms with E-state index in [2.05, 4.69) is 30.2 Å². The normalized spacial score (nSPS) is 12.8. The molecule has 1 unspecified atom stereocenters. The minimum absolute atomic E-state index is 0.151. The van der Waals surface area contributed by atoms with E-state index < -0.39 is 0 Å². The van der Waals surface area contributed by atoms with E-state index >= 15 is 0 Å². The van der Waals surface area contributed by atoms with Crippen molar-refractivity contribution in [3.05, 3.63) is 18.2 Å². The number of nitrogens with zero attached hydrogens (tertiary/aromatic N) is 3. The van der Waals surface area contributed by atoms with Crippen LogP contribution >= 0.6 is 0 Å². The van der Waals surface area contributed by atoms with Crippen LogP contribution < -0.4 is 5.32 Å². The van der Waals surface area contributed by atoms with Crippen LogP contribution in [-0.2, 0) is 6.54 Å². The average Bonchev–Trinajstić information content (AvgIpc) is 2.61. The highest BCUT2D eigenvalue weighted by Crippen LogP contribution is 2.07. The standard InChI is InChI=1S/C10H16N4/c1-8(2)13-7-10-12-4-5-14(10)9(3)6-11/h4-5,8-9,13H,7H2,1-3H3. The van der Waals surface area contributed by atoms with E-state index in [-0.39, 0.29) is 6.04 Å². The lowest BCUT2D eigenvalue weighted by molar-refractivity contribution is 0.537. The van der Waals surface area contributed by atoms with Gasteiger partial charge in [0.05, 0.1) is 12.6 Å². The van der Waals surface area contributed by atoms with Crippen molar-refractivity contribution >= 4 is 0 Å². The van der Waals surface area contributed by atoms with Gasteiger partial charge in [0.1, 0.15) is 11.9 Å². The van der Waals surface area contributed by atoms with Crippen LogP contribution in [-0.4, -0.2) is 15.6 Å². The van der Waals surface area contributed by atoms with Crippen molar-refractivity contribution in [2.45, 2.75) is 39.4 Å². The molecule has 1 heterocycles. The van der Waals surface area contributed by atoms with E-state index in [9.17, 15) is 0 Å². The first-order valence-electron chi connectivity index (χ1n) is 4.80. The highest BCUT2D eigenvalue weighted by Gasteiger charge is 2.08. The van der Waals surface area contributed by atoms with Gasteiger partial charge in [0.2, 0.25) is 0 Å². The highest BCUT2D eigenvalue weighted by molar-refractivity contribution is 4.99. The molecule has 1 atom stereocenters. The molecule has 0 bridgehead atoms. The maximum atomic E-state index is 8.79. The minimum Gasteiger partial charge on any atom is -0.318 e. The van der Waals surface area contributed by atoms with Gasteiger partial charge in [-0.2, -0.15) is 5.26 Å². The third-order valence-corrected chi connectivity index (χ3v) is 2.02. The van der Waals surface area contributed by atoms with Crippen molar-refractivity contribution in [1.29, 1.82) is 5.26 Å². The lowest BCUT2D eigenvalue weighted by Crippen LogP contribution is -2.24. The van der Waals surface area contributed by atoms with Crippen molar-refractivity contribution in [1.82, 2.24) is 14.9 Å². The van der Waals surface area contributed by atoms with Gasteiger partial charge in [-0.05, 0) is 6.92 Å². The molecule has 0 aliphatic heterocycles. The first-order chi connectivity index (χ1) is 6.65. The molecule has 0 fully saturated rings. The molecule has 0 aromatic carbocycles. The topological polar surface area (TPSA) is 53.6 Å². The van der Waals surface area contributed by atoms with E-state index in [0.29, 0.717) is 12.6 Å². The molecule has 4 heteroatoms. The van der Waals surface area contributed by atoms with E-state index in [0.717, 1.165) is 5.82 Å². The molecule has 0 aliphatic rings. The zero-order valence-electron chi connectivity index (χ0n) is 8.86. The second kappa shape index (κ2) is 4.77. The Balaban J connectivity index is 2.68. The van der Waals surface area contributed by atoms with E-state index in [1.54, 1.807) is 6.20 Å². The quantitative estimate of drug-likeness (QED) is 0.785. The average molecular weight is 192 g/mol. The second-order valence-electron chi connectivity index (χ2n) is 3.59. The van der Waals surface area contributed by atoms with Gasteiger partial charge in [-0.15, -0.1) is 0 Å². The Labute approximate surface area is 84.6 Å². The fraction of sp³-hybridized carbons (Fsp3) is 0.600. The second-order valence-corrected chi connectivity index (χ2v) is 3.59. The molecule has 76 valence electrons. The van der Waals surface area contributed by atoms with Crippen molar-refractivity contribution in [2.75, 3.05) is 0 Å². The zero-order valence-corrected chi connectivity index (χ0v) is 8.86. The van der Waals surface area contributed by atoms with Gasteiger partial charge in [0.15, 0.2) is 0 Å². The summed E-state index contributed by atoms with van der Waals surface area (Å²) < 4.78 is 1.88. The number of nitrogens with one attached hydrogen (secondary N) is 1. The molecule has 1 rings (SSSR count). The fourth-order valence-corrected chi connectivity index (χ4v) is 1.19. The van der Waals surface area contributed by atoms with Crippen molar-refractivity contribution in [3.63, 3.8) is 0 Å². The molecule has 0 radical (unpaired) electrons. The number of hydrogen-bond donors (Lipinski definition) is 1. The van der Waals surface area contributed by atoms with Gasteiger partial charge in [-0.3, -0.25) is 0 Å². The van der Waals surface area contributed by atoms with E-state index in [1.165, 1.54) is 0 Å². The Hall–Kier alpha value is -1.34. The van der Waals surface area contributed by atoms with Crippen LogP contribution in [0.15, 0.2) is 12.4 Å². The number of imidazole rings is 1. The Morgan fingerprint density at radius 1 is 1.57 bits per heavy atom. The molecular formula is C10H16N4. The Bertz CT molecular complexity index is 321. The first kappa shape index (κ1) is 10.7. The van der Waals surface area contributed by atoms with Crippen LogP contribution in [0.5, 0.6) is 0 Å². The highest BCUT2D eigenvalue weighted by atomic mass is 15.1. The van der Waals surface area contributed by atoms with Crippen LogP contribution in [0, 0.1) is 11.3 Å². The van der Waals surface area contributed by atoms with Gasteiger partial charge in [-0.25, -0.2) is 4.98 Å². The molecule has 1 N–H and O–H groups in total. The fourth-order valence-electron chi connectivity index (χ4n) is 1.19. The van der Waals surface area contributed by atoms with Crippen LogP contribution in [0.1, 0.15) is 32.6 Å². The van der Waals surface area contributed by atoms with Crippen molar-refractivity contribution in [2.24, 2.45) is 0 Å². The first-order valence-corrected chi connectivity index (χ1v) is 4.80. The zero-order chi connectivity index (χ0) is 10.6. The van der Waals surface area contributed by atoms with Gasteiger partial charge in [0.25, 0.3) is 0 Å². The SMILES string of the molecule is CC(C)NCc1nccn1C(C)C#N. The van der Waals surface area contributed by atoms with E-state index in [4.69, 9.17) is 5.26 Å². The summed E-state index contributed by atoms with van der Waals surface area (Å²) in [7, 11) is 0. The molecule has 0 saturated carbocycles. The summed E-state index contributed by atoms with van der Waals surface area (Å²) in [5.41, 5.74) is 0. The predicted molar refractivity (Wildman–Crippen MR) is 54.5 cm³/mol. The minimum atomic E-state index is -0.151.